The van der Waals surface area contributed by atoms with Crippen LogP contribution in [0, 0.1) is 13.8 Å². The Morgan fingerprint density at radius 1 is 1.06 bits per heavy atom. The van der Waals surface area contributed by atoms with Crippen LogP contribution in [0.2, 0.25) is 10.0 Å². The molecule has 0 aliphatic carbocycles. The molecule has 164 valence electrons. The molecule has 6 nitrogen and oxygen atoms in total. The van der Waals surface area contributed by atoms with Gasteiger partial charge < -0.3 is 5.32 Å². The highest BCUT2D eigenvalue weighted by Crippen LogP contribution is 2.27. The quantitative estimate of drug-likeness (QED) is 0.420. The SMILES string of the molecule is Cc1nn(-c2ccc(Cl)cc2Cl)c(C)c1CC(=O)NCc1ccccc1Cn1cccn1. The minimum atomic E-state index is -0.0631. The number of rotatable bonds is 7. The second-order valence-corrected chi connectivity index (χ2v) is 8.43. The number of nitrogens with zero attached hydrogens (tertiary/aromatic N) is 4. The van der Waals surface area contributed by atoms with Gasteiger partial charge in [-0.1, -0.05) is 47.5 Å². The maximum atomic E-state index is 12.8. The molecule has 0 unspecified atom stereocenters. The Bertz CT molecular complexity index is 1250. The highest BCUT2D eigenvalue weighted by Gasteiger charge is 2.17. The number of aromatic nitrogens is 4. The van der Waals surface area contributed by atoms with Gasteiger partial charge in [0.15, 0.2) is 0 Å². The van der Waals surface area contributed by atoms with E-state index in [0.717, 1.165) is 33.8 Å². The van der Waals surface area contributed by atoms with Crippen LogP contribution in [0.15, 0.2) is 60.9 Å². The summed E-state index contributed by atoms with van der Waals surface area (Å²) in [6, 6.07) is 15.2. The standard InChI is InChI=1S/C24H23Cl2N5O/c1-16-21(17(2)31(29-16)23-9-8-20(25)12-22(23)26)13-24(32)27-14-18-6-3-4-7-19(18)15-30-11-5-10-28-30/h3-12H,13-15H2,1-2H3,(H,27,32). The molecule has 2 aromatic carbocycles. The summed E-state index contributed by atoms with van der Waals surface area (Å²) in [5.41, 5.74) is 5.47. The summed E-state index contributed by atoms with van der Waals surface area (Å²) in [7, 11) is 0. The number of carbonyl (C=O) groups is 1. The van der Waals surface area contributed by atoms with Gasteiger partial charge in [0.2, 0.25) is 5.91 Å². The third-order valence-corrected chi connectivity index (χ3v) is 5.94. The lowest BCUT2D eigenvalue weighted by atomic mass is 10.1. The molecule has 4 rings (SSSR count). The molecule has 32 heavy (non-hydrogen) atoms. The Kier molecular flexibility index (Phi) is 6.63. The van der Waals surface area contributed by atoms with Crippen molar-refractivity contribution in [2.75, 3.05) is 0 Å². The molecule has 0 aliphatic heterocycles. The fourth-order valence-corrected chi connectivity index (χ4v) is 4.18. The van der Waals surface area contributed by atoms with E-state index in [1.807, 2.05) is 55.1 Å². The molecule has 1 amide bonds. The smallest absolute Gasteiger partial charge is 0.224 e. The average molecular weight is 468 g/mol. The van der Waals surface area contributed by atoms with Gasteiger partial charge in [-0.2, -0.15) is 10.2 Å². The molecule has 0 saturated heterocycles. The van der Waals surface area contributed by atoms with Crippen LogP contribution in [-0.4, -0.2) is 25.5 Å². The first-order chi connectivity index (χ1) is 15.4. The molecule has 0 radical (unpaired) electrons. The van der Waals surface area contributed by atoms with Crippen molar-refractivity contribution >= 4 is 29.1 Å². The molecular formula is C24H23Cl2N5O. The zero-order valence-corrected chi connectivity index (χ0v) is 19.4. The Morgan fingerprint density at radius 2 is 1.84 bits per heavy atom. The molecular weight excluding hydrogens is 445 g/mol. The Morgan fingerprint density at radius 3 is 2.56 bits per heavy atom. The third-order valence-electron chi connectivity index (χ3n) is 5.40. The van der Waals surface area contributed by atoms with Gasteiger partial charge in [0.05, 0.1) is 29.4 Å². The lowest BCUT2D eigenvalue weighted by Crippen LogP contribution is -2.25. The van der Waals surface area contributed by atoms with Gasteiger partial charge in [-0.25, -0.2) is 4.68 Å². The molecule has 0 atom stereocenters. The zero-order chi connectivity index (χ0) is 22.7. The summed E-state index contributed by atoms with van der Waals surface area (Å²) in [4.78, 5) is 12.8. The lowest BCUT2D eigenvalue weighted by molar-refractivity contribution is -0.120. The van der Waals surface area contributed by atoms with Crippen molar-refractivity contribution < 1.29 is 4.79 Å². The van der Waals surface area contributed by atoms with Crippen molar-refractivity contribution in [2.24, 2.45) is 0 Å². The van der Waals surface area contributed by atoms with Crippen LogP contribution in [-0.2, 0) is 24.3 Å². The molecule has 0 aliphatic rings. The predicted octanol–water partition coefficient (Wildman–Crippen LogP) is 4.90. The summed E-state index contributed by atoms with van der Waals surface area (Å²) in [5.74, 6) is -0.0631. The van der Waals surface area contributed by atoms with Crippen molar-refractivity contribution in [3.63, 3.8) is 0 Å². The maximum absolute atomic E-state index is 12.8. The summed E-state index contributed by atoms with van der Waals surface area (Å²) >= 11 is 12.4. The second kappa shape index (κ2) is 9.59. The second-order valence-electron chi connectivity index (χ2n) is 7.58. The van der Waals surface area contributed by atoms with Crippen LogP contribution < -0.4 is 5.32 Å². The molecule has 4 aromatic rings. The van der Waals surface area contributed by atoms with Crippen LogP contribution >= 0.6 is 23.2 Å². The van der Waals surface area contributed by atoms with Crippen molar-refractivity contribution in [3.8, 4) is 5.69 Å². The van der Waals surface area contributed by atoms with Crippen LogP contribution in [0.1, 0.15) is 28.1 Å². The van der Waals surface area contributed by atoms with E-state index in [-0.39, 0.29) is 12.3 Å². The van der Waals surface area contributed by atoms with Crippen molar-refractivity contribution in [1.82, 2.24) is 24.9 Å². The van der Waals surface area contributed by atoms with E-state index < -0.39 is 0 Å². The van der Waals surface area contributed by atoms with Crippen LogP contribution in [0.3, 0.4) is 0 Å². The summed E-state index contributed by atoms with van der Waals surface area (Å²) in [6.45, 7) is 4.94. The number of hydrogen-bond acceptors (Lipinski definition) is 3. The van der Waals surface area contributed by atoms with E-state index >= 15 is 0 Å². The van der Waals surface area contributed by atoms with Gasteiger partial charge in [0.1, 0.15) is 0 Å². The summed E-state index contributed by atoms with van der Waals surface area (Å²) < 4.78 is 3.62. The van der Waals surface area contributed by atoms with Gasteiger partial charge in [-0.05, 0) is 49.2 Å². The number of nitrogens with one attached hydrogen (secondary N) is 1. The van der Waals surface area contributed by atoms with Gasteiger partial charge in [-0.15, -0.1) is 0 Å². The first-order valence-electron chi connectivity index (χ1n) is 10.2. The minimum Gasteiger partial charge on any atom is -0.352 e. The number of hydrogen-bond donors (Lipinski definition) is 1. The fraction of sp³-hybridized carbons (Fsp3) is 0.208. The average Bonchev–Trinajstić information content (AvgIpc) is 3.37. The van der Waals surface area contributed by atoms with E-state index in [4.69, 9.17) is 23.2 Å². The monoisotopic (exact) mass is 467 g/mol. The summed E-state index contributed by atoms with van der Waals surface area (Å²) in [5, 5.41) is 13.0. The van der Waals surface area contributed by atoms with Gasteiger partial charge in [0, 0.05) is 35.2 Å². The van der Waals surface area contributed by atoms with E-state index in [9.17, 15) is 4.79 Å². The third kappa shape index (κ3) is 4.87. The van der Waals surface area contributed by atoms with Gasteiger partial charge >= 0.3 is 0 Å². The molecule has 8 heteroatoms. The highest BCUT2D eigenvalue weighted by atomic mass is 35.5. The topological polar surface area (TPSA) is 64.7 Å². The minimum absolute atomic E-state index is 0.0631. The normalized spacial score (nSPS) is 11.0. The Balaban J connectivity index is 1.46. The van der Waals surface area contributed by atoms with Gasteiger partial charge in [-0.3, -0.25) is 9.48 Å². The highest BCUT2D eigenvalue weighted by molar-refractivity contribution is 6.35. The Labute approximate surface area is 196 Å². The molecule has 2 heterocycles. The first kappa shape index (κ1) is 22.1. The van der Waals surface area contributed by atoms with Crippen molar-refractivity contribution in [3.05, 3.63) is 99.0 Å². The van der Waals surface area contributed by atoms with E-state index in [2.05, 4.69) is 21.6 Å². The molecule has 1 N–H and O–H groups in total. The molecule has 0 bridgehead atoms. The first-order valence-corrected chi connectivity index (χ1v) is 11.0. The molecule has 0 saturated carbocycles. The molecule has 0 spiro atoms. The van der Waals surface area contributed by atoms with Crippen molar-refractivity contribution in [1.29, 1.82) is 0 Å². The number of halogens is 2. The van der Waals surface area contributed by atoms with Crippen LogP contribution in [0.4, 0.5) is 0 Å². The molecule has 2 aromatic heterocycles. The predicted molar refractivity (Wildman–Crippen MR) is 126 cm³/mol. The number of carbonyl (C=O) groups excluding carboxylic acids is 1. The largest absolute Gasteiger partial charge is 0.352 e. The van der Waals surface area contributed by atoms with Crippen LogP contribution in [0.5, 0.6) is 0 Å². The maximum Gasteiger partial charge on any atom is 0.224 e. The summed E-state index contributed by atoms with van der Waals surface area (Å²) in [6.07, 6.45) is 3.92. The van der Waals surface area contributed by atoms with Crippen molar-refractivity contribution in [2.45, 2.75) is 33.4 Å². The fourth-order valence-electron chi connectivity index (χ4n) is 3.69. The van der Waals surface area contributed by atoms with E-state index in [1.54, 1.807) is 23.0 Å². The lowest BCUT2D eigenvalue weighted by Gasteiger charge is -2.11. The molecule has 0 fully saturated rings. The van der Waals surface area contributed by atoms with Crippen LogP contribution in [0.25, 0.3) is 5.69 Å². The number of aryl methyl sites for hydroxylation is 1. The Hall–Kier alpha value is -3.09. The number of benzene rings is 2. The number of amides is 1. The zero-order valence-electron chi connectivity index (χ0n) is 17.8. The van der Waals surface area contributed by atoms with E-state index in [1.165, 1.54) is 0 Å². The van der Waals surface area contributed by atoms with E-state index in [0.29, 0.717) is 23.1 Å². The van der Waals surface area contributed by atoms with Gasteiger partial charge in [0.25, 0.3) is 0 Å².